The fourth-order valence-electron chi connectivity index (χ4n) is 4.58. The summed E-state index contributed by atoms with van der Waals surface area (Å²) in [6.45, 7) is 6.37. The first-order valence-electron chi connectivity index (χ1n) is 12.3. The van der Waals surface area contributed by atoms with E-state index in [1.165, 1.54) is 77.0 Å². The van der Waals surface area contributed by atoms with E-state index in [2.05, 4.69) is 6.92 Å². The van der Waals surface area contributed by atoms with Gasteiger partial charge in [-0.3, -0.25) is 4.79 Å². The van der Waals surface area contributed by atoms with Gasteiger partial charge in [0.15, 0.2) is 0 Å². The van der Waals surface area contributed by atoms with Crippen LogP contribution in [0.5, 0.6) is 0 Å². The molecule has 2 heteroatoms. The summed E-state index contributed by atoms with van der Waals surface area (Å²) in [4.78, 5) is 12.2. The van der Waals surface area contributed by atoms with Crippen LogP contribution in [0.1, 0.15) is 123 Å². The van der Waals surface area contributed by atoms with Gasteiger partial charge < -0.3 is 5.11 Å². The van der Waals surface area contributed by atoms with Crippen LogP contribution in [0.3, 0.4) is 0 Å². The molecule has 0 bridgehead atoms. The SMILES string of the molecule is CCCCCCCCCCCCCCCCC(C(=O)O)(c1ccccc1)C(C)C. The van der Waals surface area contributed by atoms with E-state index < -0.39 is 11.4 Å². The third-order valence-electron chi connectivity index (χ3n) is 6.58. The van der Waals surface area contributed by atoms with Crippen LogP contribution in [0.4, 0.5) is 0 Å². The van der Waals surface area contributed by atoms with Crippen molar-refractivity contribution >= 4 is 5.97 Å². The van der Waals surface area contributed by atoms with Crippen LogP contribution in [-0.2, 0) is 10.2 Å². The normalized spacial score (nSPS) is 13.5. The Morgan fingerprint density at radius 3 is 1.55 bits per heavy atom. The molecule has 29 heavy (non-hydrogen) atoms. The first kappa shape index (κ1) is 25.7. The molecule has 0 saturated carbocycles. The molecule has 1 N–H and O–H groups in total. The summed E-state index contributed by atoms with van der Waals surface area (Å²) in [5.41, 5.74) is 0.204. The van der Waals surface area contributed by atoms with Crippen molar-refractivity contribution in [3.63, 3.8) is 0 Å². The van der Waals surface area contributed by atoms with Crippen molar-refractivity contribution in [3.8, 4) is 0 Å². The predicted octanol–water partition coefficient (Wildman–Crippen LogP) is 8.54. The van der Waals surface area contributed by atoms with Crippen LogP contribution in [0, 0.1) is 5.92 Å². The summed E-state index contributed by atoms with van der Waals surface area (Å²) in [7, 11) is 0. The van der Waals surface area contributed by atoms with Crippen LogP contribution in [0.2, 0.25) is 0 Å². The third-order valence-corrected chi connectivity index (χ3v) is 6.58. The summed E-state index contributed by atoms with van der Waals surface area (Å²) in [6, 6.07) is 9.85. The highest BCUT2D eigenvalue weighted by Gasteiger charge is 2.42. The average Bonchev–Trinajstić information content (AvgIpc) is 2.71. The van der Waals surface area contributed by atoms with Gasteiger partial charge in [0.1, 0.15) is 0 Å². The Hall–Kier alpha value is -1.31. The second-order valence-corrected chi connectivity index (χ2v) is 9.14. The van der Waals surface area contributed by atoms with Gasteiger partial charge in [-0.05, 0) is 17.9 Å². The molecule has 0 amide bonds. The van der Waals surface area contributed by atoms with Crippen molar-refractivity contribution in [1.82, 2.24) is 0 Å². The number of carbonyl (C=O) groups is 1. The Kier molecular flexibility index (Phi) is 13.8. The van der Waals surface area contributed by atoms with Gasteiger partial charge in [0.25, 0.3) is 0 Å². The molecule has 1 aromatic carbocycles. The molecule has 0 saturated heterocycles. The standard InChI is InChI=1S/C27H46O2/c1-4-5-6-7-8-9-10-11-12-13-14-15-16-20-23-27(24(2)3,26(28)29)25-21-18-17-19-22-25/h17-19,21-22,24H,4-16,20,23H2,1-3H3,(H,28,29). The maximum absolute atomic E-state index is 12.2. The van der Waals surface area contributed by atoms with Gasteiger partial charge in [0.05, 0.1) is 5.41 Å². The highest BCUT2D eigenvalue weighted by molar-refractivity contribution is 5.81. The topological polar surface area (TPSA) is 37.3 Å². The largest absolute Gasteiger partial charge is 0.481 e. The number of hydrogen-bond acceptors (Lipinski definition) is 1. The number of rotatable bonds is 18. The fourth-order valence-corrected chi connectivity index (χ4v) is 4.58. The Morgan fingerprint density at radius 1 is 0.759 bits per heavy atom. The monoisotopic (exact) mass is 402 g/mol. The first-order chi connectivity index (χ1) is 14.1. The highest BCUT2D eigenvalue weighted by atomic mass is 16.4. The van der Waals surface area contributed by atoms with Crippen molar-refractivity contribution in [2.24, 2.45) is 5.92 Å². The minimum absolute atomic E-state index is 0.0874. The maximum atomic E-state index is 12.2. The molecule has 0 aliphatic rings. The molecule has 0 fully saturated rings. The number of aliphatic carboxylic acids is 1. The minimum atomic E-state index is -0.752. The van der Waals surface area contributed by atoms with E-state index in [1.54, 1.807) is 0 Å². The number of carboxylic acids is 1. The number of unbranched alkanes of at least 4 members (excludes halogenated alkanes) is 13. The van der Waals surface area contributed by atoms with E-state index >= 15 is 0 Å². The van der Waals surface area contributed by atoms with Crippen LogP contribution < -0.4 is 0 Å². The predicted molar refractivity (Wildman–Crippen MR) is 126 cm³/mol. The van der Waals surface area contributed by atoms with Crippen molar-refractivity contribution in [3.05, 3.63) is 35.9 Å². The lowest BCUT2D eigenvalue weighted by molar-refractivity contribution is -0.146. The Morgan fingerprint density at radius 2 is 1.17 bits per heavy atom. The van der Waals surface area contributed by atoms with E-state index in [4.69, 9.17) is 0 Å². The van der Waals surface area contributed by atoms with Crippen molar-refractivity contribution in [2.75, 3.05) is 0 Å². The number of carboxylic acid groups (broad SMARTS) is 1. The lowest BCUT2D eigenvalue weighted by Crippen LogP contribution is -2.41. The van der Waals surface area contributed by atoms with Gasteiger partial charge in [-0.2, -0.15) is 0 Å². The van der Waals surface area contributed by atoms with Crippen LogP contribution in [-0.4, -0.2) is 11.1 Å². The van der Waals surface area contributed by atoms with Gasteiger partial charge >= 0.3 is 5.97 Å². The molecule has 166 valence electrons. The van der Waals surface area contributed by atoms with Gasteiger partial charge in [-0.25, -0.2) is 0 Å². The van der Waals surface area contributed by atoms with Crippen molar-refractivity contribution in [1.29, 1.82) is 0 Å². The average molecular weight is 403 g/mol. The molecular weight excluding hydrogens is 356 g/mol. The smallest absolute Gasteiger partial charge is 0.314 e. The molecule has 0 aliphatic heterocycles. The Labute approximate surface area is 180 Å². The molecule has 1 aromatic rings. The quantitative estimate of drug-likeness (QED) is 0.250. The van der Waals surface area contributed by atoms with Gasteiger partial charge in [0, 0.05) is 0 Å². The fraction of sp³-hybridized carbons (Fsp3) is 0.741. The van der Waals surface area contributed by atoms with Gasteiger partial charge in [-0.15, -0.1) is 0 Å². The molecule has 0 aromatic heterocycles. The molecular formula is C27H46O2. The van der Waals surface area contributed by atoms with Gasteiger partial charge in [0.2, 0.25) is 0 Å². The molecule has 0 aliphatic carbocycles. The third kappa shape index (κ3) is 9.36. The lowest BCUT2D eigenvalue weighted by atomic mass is 9.68. The number of hydrogen-bond donors (Lipinski definition) is 1. The van der Waals surface area contributed by atoms with E-state index in [9.17, 15) is 9.90 Å². The summed E-state index contributed by atoms with van der Waals surface area (Å²) < 4.78 is 0. The zero-order valence-electron chi connectivity index (χ0n) is 19.4. The molecule has 0 spiro atoms. The second-order valence-electron chi connectivity index (χ2n) is 9.14. The molecule has 0 heterocycles. The highest BCUT2D eigenvalue weighted by Crippen LogP contribution is 2.38. The summed E-state index contributed by atoms with van der Waals surface area (Å²) in [5.74, 6) is -0.585. The van der Waals surface area contributed by atoms with E-state index in [0.717, 1.165) is 24.8 Å². The number of benzene rings is 1. The summed E-state index contributed by atoms with van der Waals surface area (Å²) in [5, 5.41) is 10.1. The first-order valence-corrected chi connectivity index (χ1v) is 12.3. The zero-order valence-corrected chi connectivity index (χ0v) is 19.4. The minimum Gasteiger partial charge on any atom is -0.481 e. The molecule has 1 atom stereocenters. The summed E-state index contributed by atoms with van der Waals surface area (Å²) in [6.07, 6.45) is 19.3. The molecule has 2 nitrogen and oxygen atoms in total. The van der Waals surface area contributed by atoms with E-state index in [0.29, 0.717) is 0 Å². The molecule has 0 radical (unpaired) electrons. The van der Waals surface area contributed by atoms with Crippen molar-refractivity contribution < 1.29 is 9.90 Å². The maximum Gasteiger partial charge on any atom is 0.314 e. The van der Waals surface area contributed by atoms with E-state index in [-0.39, 0.29) is 5.92 Å². The zero-order chi connectivity index (χ0) is 21.4. The molecule has 1 rings (SSSR count). The van der Waals surface area contributed by atoms with Crippen LogP contribution >= 0.6 is 0 Å². The summed E-state index contributed by atoms with van der Waals surface area (Å²) >= 11 is 0. The van der Waals surface area contributed by atoms with Crippen molar-refractivity contribution in [2.45, 2.75) is 122 Å². The Balaban J connectivity index is 2.18. The van der Waals surface area contributed by atoms with Gasteiger partial charge in [-0.1, -0.05) is 141 Å². The lowest BCUT2D eigenvalue weighted by Gasteiger charge is -2.34. The van der Waals surface area contributed by atoms with Crippen LogP contribution in [0.25, 0.3) is 0 Å². The van der Waals surface area contributed by atoms with E-state index in [1.807, 2.05) is 44.2 Å². The van der Waals surface area contributed by atoms with Crippen LogP contribution in [0.15, 0.2) is 30.3 Å². The Bertz CT molecular complexity index is 523. The molecule has 1 unspecified atom stereocenters. The second kappa shape index (κ2) is 15.5.